The van der Waals surface area contributed by atoms with Gasteiger partial charge in [-0.1, -0.05) is 75.9 Å². The molecule has 0 aromatic heterocycles. The Bertz CT molecular complexity index is 669. The lowest BCUT2D eigenvalue weighted by atomic mass is 9.88. The average Bonchev–Trinajstić information content (AvgIpc) is 2.85. The molecule has 4 N–H and O–H groups in total. The van der Waals surface area contributed by atoms with E-state index in [0.29, 0.717) is 23.0 Å². The second-order valence-electron chi connectivity index (χ2n) is 7.96. The number of rotatable bonds is 12. The molecule has 0 aliphatic carbocycles. The second-order valence-corrected chi connectivity index (χ2v) is 7.96. The molecule has 0 heterocycles. The first-order valence-electron chi connectivity index (χ1n) is 11.7. The first-order valence-corrected chi connectivity index (χ1v) is 11.7. The van der Waals surface area contributed by atoms with Crippen LogP contribution in [-0.2, 0) is 0 Å². The monoisotopic (exact) mass is 460 g/mol. The van der Waals surface area contributed by atoms with Gasteiger partial charge in [-0.3, -0.25) is 0 Å². The van der Waals surface area contributed by atoms with Crippen LogP contribution in [-0.4, -0.2) is 45.6 Å². The molecule has 0 aliphatic heterocycles. The third-order valence-corrected chi connectivity index (χ3v) is 5.16. The highest BCUT2D eigenvalue weighted by molar-refractivity contribution is 5.87. The molecule has 2 aromatic carbocycles. The summed E-state index contributed by atoms with van der Waals surface area (Å²) in [5, 5.41) is 35.3. The van der Waals surface area contributed by atoms with Crippen molar-refractivity contribution in [2.45, 2.75) is 58.8 Å². The maximum Gasteiger partial charge on any atom is 0.335 e. The van der Waals surface area contributed by atoms with Gasteiger partial charge in [0, 0.05) is 13.2 Å². The van der Waals surface area contributed by atoms with Crippen LogP contribution in [0.4, 0.5) is 0 Å². The molecule has 6 heteroatoms. The largest absolute Gasteiger partial charge is 0.478 e. The van der Waals surface area contributed by atoms with Gasteiger partial charge in [-0.05, 0) is 55.4 Å². The zero-order valence-corrected chi connectivity index (χ0v) is 19.9. The summed E-state index contributed by atoms with van der Waals surface area (Å²) < 4.78 is 0. The van der Waals surface area contributed by atoms with Crippen molar-refractivity contribution in [2.24, 2.45) is 11.8 Å². The minimum absolute atomic E-state index is 0.280. The van der Waals surface area contributed by atoms with Gasteiger partial charge in [0.15, 0.2) is 0 Å². The highest BCUT2D eigenvalue weighted by Gasteiger charge is 2.14. The molecule has 6 nitrogen and oxygen atoms in total. The van der Waals surface area contributed by atoms with E-state index in [1.807, 2.05) is 0 Å². The van der Waals surface area contributed by atoms with Gasteiger partial charge in [0.05, 0.1) is 11.1 Å². The van der Waals surface area contributed by atoms with Crippen LogP contribution in [0.15, 0.2) is 60.7 Å². The zero-order valence-electron chi connectivity index (χ0n) is 19.9. The van der Waals surface area contributed by atoms with Crippen LogP contribution in [0.5, 0.6) is 0 Å². The number of hydrogen-bond acceptors (Lipinski definition) is 4. The van der Waals surface area contributed by atoms with Crippen molar-refractivity contribution < 1.29 is 30.0 Å². The first-order chi connectivity index (χ1) is 15.9. The first kappa shape index (κ1) is 30.3. The topological polar surface area (TPSA) is 115 Å². The van der Waals surface area contributed by atoms with Crippen molar-refractivity contribution >= 4 is 11.9 Å². The summed E-state index contributed by atoms with van der Waals surface area (Å²) in [4.78, 5) is 20.4. The third-order valence-electron chi connectivity index (χ3n) is 5.16. The summed E-state index contributed by atoms with van der Waals surface area (Å²) in [7, 11) is 0. The van der Waals surface area contributed by atoms with E-state index < -0.39 is 11.9 Å². The number of hydrogen-bond donors (Lipinski definition) is 4. The number of aliphatic hydroxyl groups is 2. The highest BCUT2D eigenvalue weighted by atomic mass is 16.4. The van der Waals surface area contributed by atoms with E-state index in [0.717, 1.165) is 19.3 Å². The Hall–Kier alpha value is -2.70. The minimum Gasteiger partial charge on any atom is -0.478 e. The van der Waals surface area contributed by atoms with Gasteiger partial charge in [-0.25, -0.2) is 9.59 Å². The fourth-order valence-corrected chi connectivity index (χ4v) is 3.19. The smallest absolute Gasteiger partial charge is 0.335 e. The van der Waals surface area contributed by atoms with Crippen molar-refractivity contribution in [3.05, 3.63) is 71.8 Å². The number of carboxylic acids is 2. The summed E-state index contributed by atoms with van der Waals surface area (Å²) in [6.07, 6.45) is 7.97. The Balaban J connectivity index is 0.000000489. The standard InChI is InChI=1S/C13H28O2.2C7H6O2/c1-3-5-7-12(10-14)9-13(11-15)8-6-4-2;2*8-7(9)6-4-2-1-3-5-6/h12-15H,3-11H2,1-2H3;2*1-5H,(H,8,9). The Morgan fingerprint density at radius 3 is 1.21 bits per heavy atom. The normalized spacial score (nSPS) is 11.8. The predicted octanol–water partition coefficient (Wildman–Crippen LogP) is 5.74. The highest BCUT2D eigenvalue weighted by Crippen LogP contribution is 2.21. The van der Waals surface area contributed by atoms with Crippen molar-refractivity contribution in [2.75, 3.05) is 13.2 Å². The van der Waals surface area contributed by atoms with Crippen LogP contribution in [0.25, 0.3) is 0 Å². The second kappa shape index (κ2) is 19.9. The molecule has 0 amide bonds. The maximum absolute atomic E-state index is 10.2. The van der Waals surface area contributed by atoms with Crippen LogP contribution in [0.3, 0.4) is 0 Å². The van der Waals surface area contributed by atoms with E-state index in [1.165, 1.54) is 25.7 Å². The van der Waals surface area contributed by atoms with Gasteiger partial charge in [-0.2, -0.15) is 0 Å². The van der Waals surface area contributed by atoms with Gasteiger partial charge < -0.3 is 20.4 Å². The lowest BCUT2D eigenvalue weighted by Crippen LogP contribution is -2.15. The molecular weight excluding hydrogens is 420 g/mol. The van der Waals surface area contributed by atoms with Crippen molar-refractivity contribution in [3.8, 4) is 0 Å². The van der Waals surface area contributed by atoms with Gasteiger partial charge in [-0.15, -0.1) is 0 Å². The fourth-order valence-electron chi connectivity index (χ4n) is 3.19. The number of benzene rings is 2. The predicted molar refractivity (Wildman–Crippen MR) is 132 cm³/mol. The van der Waals surface area contributed by atoms with Gasteiger partial charge in [0.25, 0.3) is 0 Å². The van der Waals surface area contributed by atoms with E-state index in [-0.39, 0.29) is 13.2 Å². The number of carbonyl (C=O) groups is 2. The number of aliphatic hydroxyl groups excluding tert-OH is 2. The summed E-state index contributed by atoms with van der Waals surface area (Å²) >= 11 is 0. The Kier molecular flexibility index (Phi) is 18.3. The zero-order chi connectivity index (χ0) is 24.9. The Morgan fingerprint density at radius 2 is 1.00 bits per heavy atom. The molecule has 0 saturated carbocycles. The summed E-state index contributed by atoms with van der Waals surface area (Å²) in [6.45, 7) is 4.91. The molecule has 0 spiro atoms. The van der Waals surface area contributed by atoms with Crippen LogP contribution in [0, 0.1) is 11.8 Å². The molecule has 2 atom stereocenters. The van der Waals surface area contributed by atoms with Crippen LogP contribution in [0.1, 0.15) is 79.5 Å². The van der Waals surface area contributed by atoms with Gasteiger partial charge >= 0.3 is 11.9 Å². The molecule has 0 saturated heterocycles. The average molecular weight is 461 g/mol. The van der Waals surface area contributed by atoms with Crippen molar-refractivity contribution in [1.29, 1.82) is 0 Å². The lowest BCUT2D eigenvalue weighted by Gasteiger charge is -2.20. The van der Waals surface area contributed by atoms with E-state index in [1.54, 1.807) is 60.7 Å². The molecule has 0 bridgehead atoms. The summed E-state index contributed by atoms with van der Waals surface area (Å²) in [6, 6.07) is 16.6. The molecular formula is C27H40O6. The minimum atomic E-state index is -0.879. The fraction of sp³-hybridized carbons (Fsp3) is 0.481. The summed E-state index contributed by atoms with van der Waals surface area (Å²) in [5.41, 5.74) is 0.662. The maximum atomic E-state index is 10.2. The van der Waals surface area contributed by atoms with Gasteiger partial charge in [0.1, 0.15) is 0 Å². The van der Waals surface area contributed by atoms with Gasteiger partial charge in [0.2, 0.25) is 0 Å². The van der Waals surface area contributed by atoms with E-state index in [2.05, 4.69) is 13.8 Å². The third kappa shape index (κ3) is 15.7. The van der Waals surface area contributed by atoms with Crippen molar-refractivity contribution in [3.63, 3.8) is 0 Å². The van der Waals surface area contributed by atoms with E-state index >= 15 is 0 Å². The molecule has 33 heavy (non-hydrogen) atoms. The molecule has 0 fully saturated rings. The molecule has 2 unspecified atom stereocenters. The lowest BCUT2D eigenvalue weighted by molar-refractivity contribution is 0.0686. The number of unbranched alkanes of at least 4 members (excludes halogenated alkanes) is 2. The van der Waals surface area contributed by atoms with Crippen molar-refractivity contribution in [1.82, 2.24) is 0 Å². The van der Waals surface area contributed by atoms with E-state index in [9.17, 15) is 19.8 Å². The van der Waals surface area contributed by atoms with E-state index in [4.69, 9.17) is 10.2 Å². The Labute approximate surface area is 197 Å². The molecule has 0 aliphatic rings. The molecule has 0 radical (unpaired) electrons. The Morgan fingerprint density at radius 1 is 0.667 bits per heavy atom. The summed E-state index contributed by atoms with van der Waals surface area (Å²) in [5.74, 6) is -0.955. The molecule has 2 aromatic rings. The molecule has 184 valence electrons. The van der Waals surface area contributed by atoms with Crippen LogP contribution in [0.2, 0.25) is 0 Å². The molecule has 2 rings (SSSR count). The van der Waals surface area contributed by atoms with Crippen LogP contribution >= 0.6 is 0 Å². The van der Waals surface area contributed by atoms with Crippen LogP contribution < -0.4 is 0 Å². The number of carboxylic acid groups (broad SMARTS) is 2. The SMILES string of the molecule is CCCCC(CO)CC(CO)CCCC.O=C(O)c1ccccc1.O=C(O)c1ccccc1. The number of aromatic carboxylic acids is 2. The quantitative estimate of drug-likeness (QED) is 0.321.